The fourth-order valence-electron chi connectivity index (χ4n) is 2.61. The predicted octanol–water partition coefficient (Wildman–Crippen LogP) is 4.52. The Labute approximate surface area is 121 Å². The lowest BCUT2D eigenvalue weighted by Gasteiger charge is -2.00. The Morgan fingerprint density at radius 3 is 2.48 bits per heavy atom. The number of hydrogen-bond acceptors (Lipinski definition) is 3. The standard InChI is InChI=1S/C18H10N2O/c19-11-13-7-4-8-14-15-9-10-20-16(18(15)21-17(13)14)12-5-2-1-3-6-12/h1-10H. The molecular formula is C18H10N2O. The Kier molecular flexibility index (Phi) is 2.48. The minimum atomic E-state index is 0.544. The normalized spacial score (nSPS) is 10.8. The Morgan fingerprint density at radius 1 is 0.857 bits per heavy atom. The molecule has 0 aliphatic heterocycles. The van der Waals surface area contributed by atoms with E-state index in [1.165, 1.54) is 0 Å². The summed E-state index contributed by atoms with van der Waals surface area (Å²) in [7, 11) is 0. The molecule has 0 N–H and O–H groups in total. The van der Waals surface area contributed by atoms with Crippen LogP contribution in [0.15, 0.2) is 65.2 Å². The second-order valence-corrected chi connectivity index (χ2v) is 4.80. The van der Waals surface area contributed by atoms with Gasteiger partial charge in [0.2, 0.25) is 0 Å². The number of hydrogen-bond donors (Lipinski definition) is 0. The molecule has 2 aromatic carbocycles. The highest BCUT2D eigenvalue weighted by Crippen LogP contribution is 2.35. The van der Waals surface area contributed by atoms with Gasteiger partial charge in [-0.25, -0.2) is 0 Å². The van der Waals surface area contributed by atoms with Crippen LogP contribution in [0.2, 0.25) is 0 Å². The molecule has 4 rings (SSSR count). The summed E-state index contributed by atoms with van der Waals surface area (Å²) in [5.74, 6) is 0. The number of nitrogens with zero attached hydrogens (tertiary/aromatic N) is 2. The minimum absolute atomic E-state index is 0.544. The molecule has 3 heteroatoms. The molecule has 0 fully saturated rings. The lowest BCUT2D eigenvalue weighted by molar-refractivity contribution is 0.667. The van der Waals surface area contributed by atoms with Crippen LogP contribution in [-0.2, 0) is 0 Å². The maximum absolute atomic E-state index is 9.22. The van der Waals surface area contributed by atoms with Gasteiger partial charge in [-0.1, -0.05) is 42.5 Å². The van der Waals surface area contributed by atoms with E-state index < -0.39 is 0 Å². The number of pyridine rings is 1. The van der Waals surface area contributed by atoms with Crippen molar-refractivity contribution in [1.29, 1.82) is 5.26 Å². The molecule has 0 amide bonds. The first-order chi connectivity index (χ1) is 10.4. The second-order valence-electron chi connectivity index (χ2n) is 4.80. The zero-order valence-electron chi connectivity index (χ0n) is 11.1. The summed E-state index contributed by atoms with van der Waals surface area (Å²) in [5.41, 5.74) is 3.69. The summed E-state index contributed by atoms with van der Waals surface area (Å²) < 4.78 is 5.98. The third-order valence-electron chi connectivity index (χ3n) is 3.58. The molecule has 2 heterocycles. The number of furan rings is 1. The van der Waals surface area contributed by atoms with Gasteiger partial charge in [0.25, 0.3) is 0 Å². The summed E-state index contributed by atoms with van der Waals surface area (Å²) in [6, 6.07) is 19.6. The molecule has 0 unspecified atom stereocenters. The van der Waals surface area contributed by atoms with E-state index >= 15 is 0 Å². The fraction of sp³-hybridized carbons (Fsp3) is 0. The number of para-hydroxylation sites is 1. The monoisotopic (exact) mass is 270 g/mol. The first-order valence-electron chi connectivity index (χ1n) is 6.64. The van der Waals surface area contributed by atoms with Crippen molar-refractivity contribution >= 4 is 21.9 Å². The Balaban J connectivity index is 2.14. The minimum Gasteiger partial charge on any atom is -0.452 e. The van der Waals surface area contributed by atoms with Crippen LogP contribution in [0.4, 0.5) is 0 Å². The molecule has 0 radical (unpaired) electrons. The second kappa shape index (κ2) is 4.46. The van der Waals surface area contributed by atoms with Gasteiger partial charge in [0.1, 0.15) is 11.8 Å². The number of rotatable bonds is 1. The zero-order valence-corrected chi connectivity index (χ0v) is 11.1. The Hall–Kier alpha value is -3.12. The van der Waals surface area contributed by atoms with Crippen molar-refractivity contribution in [2.75, 3.05) is 0 Å². The van der Waals surface area contributed by atoms with Gasteiger partial charge in [0, 0.05) is 22.5 Å². The summed E-state index contributed by atoms with van der Waals surface area (Å²) in [4.78, 5) is 4.45. The van der Waals surface area contributed by atoms with Crippen LogP contribution < -0.4 is 0 Å². The third kappa shape index (κ3) is 1.70. The summed E-state index contributed by atoms with van der Waals surface area (Å²) in [5, 5.41) is 11.2. The van der Waals surface area contributed by atoms with Crippen LogP contribution >= 0.6 is 0 Å². The quantitative estimate of drug-likeness (QED) is 0.511. The van der Waals surface area contributed by atoms with Crippen LogP contribution in [0.3, 0.4) is 0 Å². The molecule has 0 aliphatic rings. The highest BCUT2D eigenvalue weighted by atomic mass is 16.3. The SMILES string of the molecule is N#Cc1cccc2c1oc1c(-c3ccccc3)nccc12. The van der Waals surface area contributed by atoms with Crippen molar-refractivity contribution in [3.05, 3.63) is 66.4 Å². The van der Waals surface area contributed by atoms with E-state index in [0.717, 1.165) is 27.6 Å². The van der Waals surface area contributed by atoms with Crippen LogP contribution in [-0.4, -0.2) is 4.98 Å². The molecule has 0 aliphatic carbocycles. The van der Waals surface area contributed by atoms with Gasteiger partial charge in [-0.2, -0.15) is 5.26 Å². The van der Waals surface area contributed by atoms with Crippen LogP contribution in [0, 0.1) is 11.3 Å². The summed E-state index contributed by atoms with van der Waals surface area (Å²) in [6.45, 7) is 0. The van der Waals surface area contributed by atoms with Gasteiger partial charge in [0.15, 0.2) is 11.2 Å². The molecule has 0 atom stereocenters. The molecular weight excluding hydrogens is 260 g/mol. The molecule has 3 nitrogen and oxygen atoms in total. The van der Waals surface area contributed by atoms with E-state index in [0.29, 0.717) is 11.1 Å². The van der Waals surface area contributed by atoms with Gasteiger partial charge >= 0.3 is 0 Å². The average Bonchev–Trinajstić information content (AvgIpc) is 2.94. The van der Waals surface area contributed by atoms with E-state index in [1.807, 2.05) is 48.5 Å². The zero-order chi connectivity index (χ0) is 14.2. The fourth-order valence-corrected chi connectivity index (χ4v) is 2.61. The number of nitriles is 1. The van der Waals surface area contributed by atoms with Crippen LogP contribution in [0.1, 0.15) is 5.56 Å². The molecule has 0 bridgehead atoms. The van der Waals surface area contributed by atoms with Gasteiger partial charge in [-0.15, -0.1) is 0 Å². The van der Waals surface area contributed by atoms with Crippen molar-refractivity contribution in [3.63, 3.8) is 0 Å². The van der Waals surface area contributed by atoms with Gasteiger partial charge in [-0.05, 0) is 12.1 Å². The van der Waals surface area contributed by atoms with Crippen molar-refractivity contribution in [2.45, 2.75) is 0 Å². The first kappa shape index (κ1) is 11.7. The third-order valence-corrected chi connectivity index (χ3v) is 3.58. The Morgan fingerprint density at radius 2 is 1.67 bits per heavy atom. The van der Waals surface area contributed by atoms with Gasteiger partial charge in [-0.3, -0.25) is 4.98 Å². The molecule has 0 saturated heterocycles. The lowest BCUT2D eigenvalue weighted by Crippen LogP contribution is -1.82. The van der Waals surface area contributed by atoms with E-state index in [1.54, 1.807) is 12.3 Å². The van der Waals surface area contributed by atoms with E-state index in [-0.39, 0.29) is 0 Å². The van der Waals surface area contributed by atoms with Crippen molar-refractivity contribution < 1.29 is 4.42 Å². The highest BCUT2D eigenvalue weighted by Gasteiger charge is 2.14. The molecule has 2 aromatic heterocycles. The van der Waals surface area contributed by atoms with E-state index in [2.05, 4.69) is 11.1 Å². The van der Waals surface area contributed by atoms with Crippen LogP contribution in [0.5, 0.6) is 0 Å². The van der Waals surface area contributed by atoms with E-state index in [9.17, 15) is 5.26 Å². The largest absolute Gasteiger partial charge is 0.452 e. The van der Waals surface area contributed by atoms with Crippen molar-refractivity contribution in [3.8, 4) is 17.3 Å². The predicted molar refractivity (Wildman–Crippen MR) is 81.7 cm³/mol. The van der Waals surface area contributed by atoms with Gasteiger partial charge < -0.3 is 4.42 Å². The molecule has 98 valence electrons. The van der Waals surface area contributed by atoms with Crippen LogP contribution in [0.25, 0.3) is 33.2 Å². The molecule has 0 spiro atoms. The molecule has 0 saturated carbocycles. The maximum atomic E-state index is 9.22. The van der Waals surface area contributed by atoms with Crippen molar-refractivity contribution in [1.82, 2.24) is 4.98 Å². The smallest absolute Gasteiger partial charge is 0.161 e. The summed E-state index contributed by atoms with van der Waals surface area (Å²) >= 11 is 0. The number of benzene rings is 2. The number of fused-ring (bicyclic) bond motifs is 3. The average molecular weight is 270 g/mol. The molecule has 4 aromatic rings. The van der Waals surface area contributed by atoms with E-state index in [4.69, 9.17) is 4.42 Å². The summed E-state index contributed by atoms with van der Waals surface area (Å²) in [6.07, 6.45) is 1.78. The van der Waals surface area contributed by atoms with Crippen molar-refractivity contribution in [2.24, 2.45) is 0 Å². The van der Waals surface area contributed by atoms with Gasteiger partial charge in [0.05, 0.1) is 5.56 Å². The Bertz CT molecular complexity index is 994. The highest BCUT2D eigenvalue weighted by molar-refractivity contribution is 6.09. The maximum Gasteiger partial charge on any atom is 0.161 e. The number of aromatic nitrogens is 1. The topological polar surface area (TPSA) is 49.8 Å². The first-order valence-corrected chi connectivity index (χ1v) is 6.64. The lowest BCUT2D eigenvalue weighted by atomic mass is 10.1. The molecule has 21 heavy (non-hydrogen) atoms.